The molecule has 1 aromatic heterocycles. The van der Waals surface area contributed by atoms with Crippen LogP contribution in [0.4, 0.5) is 0 Å². The smallest absolute Gasteiger partial charge is 0.295 e. The topological polar surface area (TPSA) is 83.3 Å². The Hall–Kier alpha value is -1.47. The van der Waals surface area contributed by atoms with Crippen molar-refractivity contribution in [3.63, 3.8) is 0 Å². The number of aromatic nitrogens is 2. The van der Waals surface area contributed by atoms with Crippen molar-refractivity contribution in [1.82, 2.24) is 25.7 Å². The molecule has 0 aliphatic carbocycles. The highest BCUT2D eigenvalue weighted by atomic mass is 16.5. The van der Waals surface area contributed by atoms with Gasteiger partial charge in [-0.2, -0.15) is 4.98 Å². The van der Waals surface area contributed by atoms with Crippen molar-refractivity contribution in [3.8, 4) is 0 Å². The lowest BCUT2D eigenvalue weighted by atomic mass is 10.2. The molecule has 3 rings (SSSR count). The van der Waals surface area contributed by atoms with E-state index in [0.717, 1.165) is 45.4 Å². The summed E-state index contributed by atoms with van der Waals surface area (Å²) in [6.07, 6.45) is 3.05. The third-order valence-electron chi connectivity index (χ3n) is 3.62. The zero-order valence-electron chi connectivity index (χ0n) is 10.9. The zero-order chi connectivity index (χ0) is 13.1. The first kappa shape index (κ1) is 12.6. The van der Waals surface area contributed by atoms with Gasteiger partial charge >= 0.3 is 0 Å². The van der Waals surface area contributed by atoms with Gasteiger partial charge in [-0.1, -0.05) is 5.16 Å². The minimum absolute atomic E-state index is 0.111. The predicted octanol–water partition coefficient (Wildman–Crippen LogP) is -0.0704. The summed E-state index contributed by atoms with van der Waals surface area (Å²) in [4.78, 5) is 18.3. The summed E-state index contributed by atoms with van der Waals surface area (Å²) in [6, 6.07) is 0.111. The van der Waals surface area contributed by atoms with Gasteiger partial charge in [0.05, 0.1) is 6.04 Å². The zero-order valence-corrected chi connectivity index (χ0v) is 10.9. The number of hydrogen-bond donors (Lipinski definition) is 2. The van der Waals surface area contributed by atoms with E-state index in [4.69, 9.17) is 4.52 Å². The molecule has 0 spiro atoms. The summed E-state index contributed by atoms with van der Waals surface area (Å²) in [5.74, 6) is 0.594. The maximum absolute atomic E-state index is 12.3. The number of nitrogens with zero attached hydrogens (tertiary/aromatic N) is 3. The van der Waals surface area contributed by atoms with E-state index in [1.807, 2.05) is 0 Å². The van der Waals surface area contributed by atoms with Crippen molar-refractivity contribution in [1.29, 1.82) is 0 Å². The number of nitrogens with one attached hydrogen (secondary N) is 2. The Kier molecular flexibility index (Phi) is 3.74. The van der Waals surface area contributed by atoms with E-state index in [0.29, 0.717) is 12.4 Å². The molecule has 19 heavy (non-hydrogen) atoms. The quantitative estimate of drug-likeness (QED) is 0.779. The number of rotatable bonds is 2. The van der Waals surface area contributed by atoms with Crippen LogP contribution in [0.15, 0.2) is 4.52 Å². The third kappa shape index (κ3) is 2.76. The predicted molar refractivity (Wildman–Crippen MR) is 67.7 cm³/mol. The van der Waals surface area contributed by atoms with Crippen LogP contribution in [0, 0.1) is 0 Å². The molecular formula is C12H19N5O2. The molecule has 2 saturated heterocycles. The molecule has 0 saturated carbocycles. The summed E-state index contributed by atoms with van der Waals surface area (Å²) >= 11 is 0. The largest absolute Gasteiger partial charge is 0.337 e. The lowest BCUT2D eigenvalue weighted by Gasteiger charge is -2.17. The van der Waals surface area contributed by atoms with Crippen molar-refractivity contribution < 1.29 is 9.32 Å². The van der Waals surface area contributed by atoms with Gasteiger partial charge in [0.1, 0.15) is 0 Å². The van der Waals surface area contributed by atoms with Crippen LogP contribution in [0.3, 0.4) is 0 Å². The van der Waals surface area contributed by atoms with E-state index >= 15 is 0 Å². The van der Waals surface area contributed by atoms with Crippen LogP contribution in [-0.4, -0.2) is 53.7 Å². The minimum atomic E-state index is -0.128. The average Bonchev–Trinajstić information content (AvgIpc) is 3.04. The second kappa shape index (κ2) is 5.66. The monoisotopic (exact) mass is 265 g/mol. The molecule has 104 valence electrons. The molecule has 0 radical (unpaired) electrons. The number of carbonyl (C=O) groups is 1. The van der Waals surface area contributed by atoms with E-state index in [9.17, 15) is 4.79 Å². The van der Waals surface area contributed by atoms with Gasteiger partial charge in [0.15, 0.2) is 0 Å². The first-order valence-electron chi connectivity index (χ1n) is 6.91. The molecule has 0 aromatic carbocycles. The molecule has 1 atom stereocenters. The Labute approximate surface area is 111 Å². The van der Waals surface area contributed by atoms with Gasteiger partial charge in [0.2, 0.25) is 5.89 Å². The molecule has 7 nitrogen and oxygen atoms in total. The van der Waals surface area contributed by atoms with Crippen LogP contribution in [0.5, 0.6) is 0 Å². The van der Waals surface area contributed by atoms with Crippen molar-refractivity contribution in [2.75, 3.05) is 32.7 Å². The summed E-state index contributed by atoms with van der Waals surface area (Å²) in [6.45, 7) is 4.18. The molecular weight excluding hydrogens is 246 g/mol. The second-order valence-electron chi connectivity index (χ2n) is 5.00. The first-order valence-corrected chi connectivity index (χ1v) is 6.91. The molecule has 1 unspecified atom stereocenters. The van der Waals surface area contributed by atoms with Gasteiger partial charge in [-0.15, -0.1) is 0 Å². The average molecular weight is 265 g/mol. The maximum Gasteiger partial charge on any atom is 0.295 e. The molecule has 2 aliphatic heterocycles. The van der Waals surface area contributed by atoms with Crippen LogP contribution >= 0.6 is 0 Å². The van der Waals surface area contributed by atoms with Crippen LogP contribution in [0.2, 0.25) is 0 Å². The maximum atomic E-state index is 12.3. The Balaban J connectivity index is 1.68. The standard InChI is InChI=1S/C12H19N5O2/c18-12(17-7-2-4-13-6-8-17)10-15-11(19-16-10)9-3-1-5-14-9/h9,13-14H,1-8H2. The fourth-order valence-electron chi connectivity index (χ4n) is 2.55. The van der Waals surface area contributed by atoms with Gasteiger partial charge < -0.3 is 20.1 Å². The van der Waals surface area contributed by atoms with Crippen LogP contribution in [-0.2, 0) is 0 Å². The van der Waals surface area contributed by atoms with Gasteiger partial charge in [0, 0.05) is 19.6 Å². The van der Waals surface area contributed by atoms with E-state index < -0.39 is 0 Å². The second-order valence-corrected chi connectivity index (χ2v) is 5.00. The molecule has 3 heterocycles. The van der Waals surface area contributed by atoms with E-state index in [-0.39, 0.29) is 17.8 Å². The van der Waals surface area contributed by atoms with E-state index in [2.05, 4.69) is 20.8 Å². The first-order chi connectivity index (χ1) is 9.34. The van der Waals surface area contributed by atoms with Crippen molar-refractivity contribution in [3.05, 3.63) is 11.7 Å². The highest BCUT2D eigenvalue weighted by Gasteiger charge is 2.26. The Morgan fingerprint density at radius 3 is 3.05 bits per heavy atom. The lowest BCUT2D eigenvalue weighted by molar-refractivity contribution is 0.0751. The molecule has 2 aliphatic rings. The highest BCUT2D eigenvalue weighted by molar-refractivity contribution is 5.90. The number of hydrogen-bond acceptors (Lipinski definition) is 6. The van der Waals surface area contributed by atoms with Gasteiger partial charge in [0.25, 0.3) is 11.7 Å². The Morgan fingerprint density at radius 1 is 1.26 bits per heavy atom. The number of carbonyl (C=O) groups excluding carboxylic acids is 1. The Morgan fingerprint density at radius 2 is 2.21 bits per heavy atom. The van der Waals surface area contributed by atoms with Crippen LogP contribution in [0.25, 0.3) is 0 Å². The molecule has 1 amide bonds. The minimum Gasteiger partial charge on any atom is -0.337 e. The molecule has 1 aromatic rings. The normalized spacial score (nSPS) is 24.4. The molecule has 0 bridgehead atoms. The number of amides is 1. The molecule has 2 fully saturated rings. The van der Waals surface area contributed by atoms with Crippen molar-refractivity contribution in [2.45, 2.75) is 25.3 Å². The molecule has 2 N–H and O–H groups in total. The lowest BCUT2D eigenvalue weighted by Crippen LogP contribution is -2.34. The third-order valence-corrected chi connectivity index (χ3v) is 3.62. The highest BCUT2D eigenvalue weighted by Crippen LogP contribution is 2.21. The van der Waals surface area contributed by atoms with Gasteiger partial charge in [-0.25, -0.2) is 0 Å². The van der Waals surface area contributed by atoms with Crippen LogP contribution in [0.1, 0.15) is 41.8 Å². The van der Waals surface area contributed by atoms with E-state index in [1.165, 1.54) is 0 Å². The van der Waals surface area contributed by atoms with Gasteiger partial charge in [-0.05, 0) is 32.4 Å². The summed E-state index contributed by atoms with van der Waals surface area (Å²) in [5.41, 5.74) is 0. The molecule has 7 heteroatoms. The van der Waals surface area contributed by atoms with Gasteiger partial charge in [-0.3, -0.25) is 4.79 Å². The van der Waals surface area contributed by atoms with Crippen molar-refractivity contribution in [2.24, 2.45) is 0 Å². The van der Waals surface area contributed by atoms with Crippen LogP contribution < -0.4 is 10.6 Å². The van der Waals surface area contributed by atoms with Crippen molar-refractivity contribution >= 4 is 5.91 Å². The SMILES string of the molecule is O=C(c1noc(C2CCCN2)n1)N1CCCNCC1. The Bertz CT molecular complexity index is 433. The fourth-order valence-corrected chi connectivity index (χ4v) is 2.55. The summed E-state index contributed by atoms with van der Waals surface area (Å²) < 4.78 is 5.21. The fraction of sp³-hybridized carbons (Fsp3) is 0.750. The summed E-state index contributed by atoms with van der Waals surface area (Å²) in [7, 11) is 0. The summed E-state index contributed by atoms with van der Waals surface area (Å²) in [5, 5.41) is 10.4. The van der Waals surface area contributed by atoms with E-state index in [1.54, 1.807) is 4.90 Å².